The quantitative estimate of drug-likeness (QED) is 0.0244. The number of rotatable bonds is 38. The van der Waals surface area contributed by atoms with Crippen molar-refractivity contribution in [1.82, 2.24) is 51.2 Å². The number of likely N-dealkylation sites (tertiary alicyclic amines) is 1. The van der Waals surface area contributed by atoms with E-state index in [4.69, 9.17) is 4.74 Å². The van der Waals surface area contributed by atoms with Crippen LogP contribution in [0, 0.1) is 0 Å². The molecule has 1 fully saturated rings. The Bertz CT molecular complexity index is 2690. The van der Waals surface area contributed by atoms with E-state index in [2.05, 4.69) is 45.0 Å². The first-order valence-corrected chi connectivity index (χ1v) is 28.4. The highest BCUT2D eigenvalue weighted by molar-refractivity contribution is 7.81. The zero-order valence-corrected chi connectivity index (χ0v) is 47.2. The van der Waals surface area contributed by atoms with Crippen LogP contribution in [0.5, 0.6) is 11.5 Å². The van der Waals surface area contributed by atoms with Crippen molar-refractivity contribution in [3.63, 3.8) is 0 Å². The third kappa shape index (κ3) is 25.6. The summed E-state index contributed by atoms with van der Waals surface area (Å²) in [5, 5.41) is 31.1. The van der Waals surface area contributed by atoms with Crippen LogP contribution < -0.4 is 35.5 Å². The van der Waals surface area contributed by atoms with Gasteiger partial charge in [-0.2, -0.15) is 8.42 Å². The number of carboxylic acids is 2. The molecule has 2 heterocycles. The summed E-state index contributed by atoms with van der Waals surface area (Å²) < 4.78 is 59.6. The minimum atomic E-state index is -5.30. The molecule has 6 amide bonds. The summed E-state index contributed by atoms with van der Waals surface area (Å²) in [4.78, 5) is 113. The van der Waals surface area contributed by atoms with E-state index < -0.39 is 63.4 Å². The summed E-state index contributed by atoms with van der Waals surface area (Å²) in [7, 11) is -3.20. The molecule has 1 aliphatic heterocycles. The van der Waals surface area contributed by atoms with Gasteiger partial charge in [-0.05, 0) is 80.7 Å². The first-order chi connectivity index (χ1) is 38.0. The van der Waals surface area contributed by atoms with Crippen LogP contribution in [-0.2, 0) is 50.5 Å². The molecule has 80 heavy (non-hydrogen) atoms. The Labute approximate surface area is 467 Å². The predicted octanol–water partition coefficient (Wildman–Crippen LogP) is 1.63. The SMILES string of the molecule is CCCCCN(CCN(CCN(CCC)CC(=O)O)CC(=O)O)CC(=O)NCCNC(=O)CCC(NC(=O)CCc1cccc(OS(=O)(=O)F)c1)C(=O)NCCOc1ccc2nccc(C(=O)NCC(=O)N3CCC(F)(P)C3)c2c1. The standard InChI is InChI=1S/C52H75F2N10O14PS/c1-3-5-6-23-62(26-28-63(35-49(71)72)27-25-61(22-4-2)34-48(69)70)33-46(67)57-20-19-56-44(65)15-13-43(60-45(66)14-10-37-8-7-9-39(30-37)78-80(54,75)76)51(74)58-21-29-77-38-11-12-42-41(31-38)40(16-18-55-42)50(73)59-32-47(68)64-24-17-52(53,79)36-64/h7-9,11-12,16,18,30-31,43H,3-6,10,13-15,17,19-29,32-36,79H2,1-2H3,(H,56,65)(H,57,67)(H,58,74)(H,59,73)(H,60,66)(H,69,70)(H,71,72). The molecule has 2 aromatic carbocycles. The van der Waals surface area contributed by atoms with Gasteiger partial charge < -0.3 is 50.6 Å². The van der Waals surface area contributed by atoms with Gasteiger partial charge in [0.25, 0.3) is 5.91 Å². The fraction of sp³-hybridized carbons (Fsp3) is 0.558. The number of ether oxygens (including phenoxy) is 1. The van der Waals surface area contributed by atoms with Gasteiger partial charge in [-0.1, -0.05) is 51.9 Å². The molecule has 28 heteroatoms. The van der Waals surface area contributed by atoms with Crippen molar-refractivity contribution in [2.75, 3.05) is 105 Å². The Morgan fingerprint density at radius 1 is 0.775 bits per heavy atom. The van der Waals surface area contributed by atoms with E-state index in [9.17, 15) is 65.3 Å². The lowest BCUT2D eigenvalue weighted by Crippen LogP contribution is -2.48. The van der Waals surface area contributed by atoms with Gasteiger partial charge in [-0.3, -0.25) is 58.0 Å². The molecule has 0 saturated carbocycles. The first kappa shape index (κ1) is 65.8. The zero-order valence-electron chi connectivity index (χ0n) is 45.2. The molecule has 7 N–H and O–H groups in total. The van der Waals surface area contributed by atoms with Crippen molar-refractivity contribution in [3.05, 3.63) is 65.9 Å². The number of hydrogen-bond acceptors (Lipinski definition) is 16. The van der Waals surface area contributed by atoms with E-state index in [1.54, 1.807) is 34.1 Å². The van der Waals surface area contributed by atoms with Crippen LogP contribution in [0.4, 0.5) is 8.28 Å². The minimum absolute atomic E-state index is 0.00657. The molecule has 1 saturated heterocycles. The Kier molecular flexibility index (Phi) is 27.8. The lowest BCUT2D eigenvalue weighted by Gasteiger charge is -2.28. The number of carboxylic acid groups (broad SMARTS) is 2. The number of aryl methyl sites for hydroxylation is 1. The highest BCUT2D eigenvalue weighted by Crippen LogP contribution is 2.32. The van der Waals surface area contributed by atoms with Gasteiger partial charge in [-0.25, -0.2) is 4.39 Å². The third-order valence-corrected chi connectivity index (χ3v) is 13.5. The van der Waals surface area contributed by atoms with Gasteiger partial charge in [0.1, 0.15) is 29.6 Å². The summed E-state index contributed by atoms with van der Waals surface area (Å²) >= 11 is 0. The van der Waals surface area contributed by atoms with E-state index >= 15 is 0 Å². The molecule has 4 rings (SSSR count). The van der Waals surface area contributed by atoms with Crippen LogP contribution >= 0.6 is 9.24 Å². The molecule has 1 aliphatic rings. The maximum atomic E-state index is 14.3. The number of amides is 6. The van der Waals surface area contributed by atoms with E-state index in [1.807, 2.05) is 18.7 Å². The van der Waals surface area contributed by atoms with Gasteiger partial charge in [-0.15, -0.1) is 0 Å². The molecule has 24 nitrogen and oxygen atoms in total. The van der Waals surface area contributed by atoms with Crippen molar-refractivity contribution < 1.29 is 74.2 Å². The number of fused-ring (bicyclic) bond motifs is 1. The van der Waals surface area contributed by atoms with Crippen LogP contribution in [0.1, 0.15) is 81.1 Å². The zero-order chi connectivity index (χ0) is 58.7. The van der Waals surface area contributed by atoms with Gasteiger partial charge >= 0.3 is 22.4 Å². The number of nitrogens with one attached hydrogen (secondary N) is 5. The Hall–Kier alpha value is -6.67. The molecule has 3 aromatic rings. The monoisotopic (exact) mass is 1160 g/mol. The maximum absolute atomic E-state index is 14.3. The Balaban J connectivity index is 1.31. The number of halogens is 2. The number of pyridine rings is 1. The van der Waals surface area contributed by atoms with Crippen molar-refractivity contribution in [1.29, 1.82) is 0 Å². The summed E-state index contributed by atoms with van der Waals surface area (Å²) in [6.07, 6.45) is 4.46. The molecular weight excluding hydrogens is 1090 g/mol. The number of aromatic nitrogens is 1. The highest BCUT2D eigenvalue weighted by atomic mass is 32.3. The first-order valence-electron chi connectivity index (χ1n) is 26.5. The fourth-order valence-electron chi connectivity index (χ4n) is 8.60. The number of carbonyl (C=O) groups excluding carboxylic acids is 6. The van der Waals surface area contributed by atoms with E-state index in [0.29, 0.717) is 61.5 Å². The number of nitrogens with zero attached hydrogens (tertiary/aromatic N) is 5. The second kappa shape index (κ2) is 33.8. The molecule has 0 aliphatic carbocycles. The number of benzene rings is 2. The normalized spacial score (nSPS) is 14.7. The molecule has 0 spiro atoms. The average Bonchev–Trinajstić information content (AvgIpc) is 3.83. The number of alkyl halides is 1. The van der Waals surface area contributed by atoms with Crippen LogP contribution in [0.25, 0.3) is 10.9 Å². The maximum Gasteiger partial charge on any atom is 0.488 e. The average molecular weight is 1170 g/mol. The number of unbranched alkanes of at least 4 members (excludes halogenated alkanes) is 2. The fourth-order valence-corrected chi connectivity index (χ4v) is 9.28. The lowest BCUT2D eigenvalue weighted by atomic mass is 10.1. The van der Waals surface area contributed by atoms with Crippen molar-refractivity contribution in [3.8, 4) is 11.5 Å². The van der Waals surface area contributed by atoms with Crippen LogP contribution in [0.15, 0.2) is 54.7 Å². The topological polar surface area (TPSA) is 316 Å². The third-order valence-electron chi connectivity index (χ3n) is 12.6. The second-order valence-corrected chi connectivity index (χ2v) is 21.3. The van der Waals surface area contributed by atoms with E-state index in [1.165, 1.54) is 35.4 Å². The smallest absolute Gasteiger partial charge is 0.488 e. The van der Waals surface area contributed by atoms with Gasteiger partial charge in [0.05, 0.1) is 50.3 Å². The number of aliphatic carboxylic acids is 2. The second-order valence-electron chi connectivity index (χ2n) is 19.3. The van der Waals surface area contributed by atoms with Crippen LogP contribution in [0.3, 0.4) is 0 Å². The number of hydrogen-bond donors (Lipinski definition) is 7. The van der Waals surface area contributed by atoms with Crippen LogP contribution in [-0.4, -0.2) is 207 Å². The van der Waals surface area contributed by atoms with E-state index in [0.717, 1.165) is 25.7 Å². The highest BCUT2D eigenvalue weighted by Gasteiger charge is 2.36. The van der Waals surface area contributed by atoms with Crippen molar-refractivity contribution in [2.45, 2.75) is 83.1 Å². The largest absolute Gasteiger partial charge is 0.492 e. The molecule has 3 unspecified atom stereocenters. The molecular formula is C52H75F2N10O14PS. The van der Waals surface area contributed by atoms with Gasteiger partial charge in [0.2, 0.25) is 29.5 Å². The summed E-state index contributed by atoms with van der Waals surface area (Å²) in [6, 6.07) is 10.5. The summed E-state index contributed by atoms with van der Waals surface area (Å²) in [5.41, 5.74) is 1.08. The predicted molar refractivity (Wildman–Crippen MR) is 294 cm³/mol. The van der Waals surface area contributed by atoms with E-state index in [-0.39, 0.29) is 115 Å². The summed E-state index contributed by atoms with van der Waals surface area (Å²) in [6.45, 7) is 5.80. The Morgan fingerprint density at radius 2 is 1.45 bits per heavy atom. The van der Waals surface area contributed by atoms with Crippen LogP contribution in [0.2, 0.25) is 0 Å². The molecule has 0 radical (unpaired) electrons. The van der Waals surface area contributed by atoms with Crippen molar-refractivity contribution in [2.24, 2.45) is 0 Å². The number of carbonyl (C=O) groups is 8. The van der Waals surface area contributed by atoms with Gasteiger partial charge in [0, 0.05) is 76.7 Å². The Morgan fingerprint density at radius 3 is 2.09 bits per heavy atom. The molecule has 0 bridgehead atoms. The minimum Gasteiger partial charge on any atom is -0.492 e. The molecule has 3 atom stereocenters. The lowest BCUT2D eigenvalue weighted by molar-refractivity contribution is -0.140. The molecule has 442 valence electrons. The summed E-state index contributed by atoms with van der Waals surface area (Å²) in [5.74, 6) is -5.07. The molecule has 1 aromatic heterocycles. The van der Waals surface area contributed by atoms with Gasteiger partial charge in [0.15, 0.2) is 0 Å². The van der Waals surface area contributed by atoms with Crippen molar-refractivity contribution >= 4 is 78.0 Å².